The fraction of sp³-hybridized carbons (Fsp3) is 0.294. The molecule has 1 aliphatic rings. The standard InChI is InChI=1S/C17H18N2O4S/c1-2-18-16(20)10-19-17(21)15-6-5-14(24-15)11-3-4-12-13(9-11)23-8-7-22-12/h3-6,9H,2,7-8,10H2,1H3,(H,18,20)(H,19,21). The number of ether oxygens (including phenoxy) is 2. The van der Waals surface area contributed by atoms with Crippen molar-refractivity contribution >= 4 is 23.2 Å². The number of rotatable bonds is 5. The molecule has 1 aromatic carbocycles. The third-order valence-corrected chi connectivity index (χ3v) is 4.57. The fourth-order valence-corrected chi connectivity index (χ4v) is 3.24. The minimum Gasteiger partial charge on any atom is -0.486 e. The molecule has 2 aromatic rings. The zero-order valence-corrected chi connectivity index (χ0v) is 14.1. The Morgan fingerprint density at radius 3 is 2.67 bits per heavy atom. The van der Waals surface area contributed by atoms with Crippen LogP contribution in [0.1, 0.15) is 16.6 Å². The van der Waals surface area contributed by atoms with E-state index in [0.29, 0.717) is 24.6 Å². The van der Waals surface area contributed by atoms with Gasteiger partial charge in [-0.3, -0.25) is 9.59 Å². The van der Waals surface area contributed by atoms with Gasteiger partial charge in [-0.1, -0.05) is 0 Å². The van der Waals surface area contributed by atoms with Gasteiger partial charge < -0.3 is 20.1 Å². The maximum Gasteiger partial charge on any atom is 0.261 e. The molecule has 0 unspecified atom stereocenters. The second-order valence-electron chi connectivity index (χ2n) is 5.16. The summed E-state index contributed by atoms with van der Waals surface area (Å²) >= 11 is 1.37. The van der Waals surface area contributed by atoms with Gasteiger partial charge >= 0.3 is 0 Å². The Morgan fingerprint density at radius 1 is 1.08 bits per heavy atom. The minimum absolute atomic E-state index is 0.0239. The van der Waals surface area contributed by atoms with E-state index in [-0.39, 0.29) is 18.4 Å². The molecule has 0 spiro atoms. The molecule has 0 aliphatic carbocycles. The molecule has 3 rings (SSSR count). The molecule has 2 heterocycles. The van der Waals surface area contributed by atoms with E-state index in [1.165, 1.54) is 11.3 Å². The summed E-state index contributed by atoms with van der Waals surface area (Å²) in [4.78, 5) is 25.0. The summed E-state index contributed by atoms with van der Waals surface area (Å²) in [6.45, 7) is 3.44. The number of benzene rings is 1. The predicted molar refractivity (Wildman–Crippen MR) is 91.8 cm³/mol. The van der Waals surface area contributed by atoms with E-state index in [2.05, 4.69) is 10.6 Å². The second-order valence-corrected chi connectivity index (χ2v) is 6.24. The van der Waals surface area contributed by atoms with Crippen molar-refractivity contribution in [3.63, 3.8) is 0 Å². The van der Waals surface area contributed by atoms with Crippen LogP contribution in [-0.4, -0.2) is 38.1 Å². The van der Waals surface area contributed by atoms with Crippen LogP contribution < -0.4 is 20.1 Å². The third kappa shape index (κ3) is 3.68. The number of amides is 2. The molecule has 2 amide bonds. The van der Waals surface area contributed by atoms with Gasteiger partial charge in [0.25, 0.3) is 5.91 Å². The van der Waals surface area contributed by atoms with Crippen molar-refractivity contribution in [2.75, 3.05) is 26.3 Å². The number of hydrogen-bond donors (Lipinski definition) is 2. The molecule has 1 aliphatic heterocycles. The summed E-state index contributed by atoms with van der Waals surface area (Å²) in [5, 5.41) is 5.25. The highest BCUT2D eigenvalue weighted by atomic mass is 32.1. The number of hydrogen-bond acceptors (Lipinski definition) is 5. The first-order chi connectivity index (χ1) is 11.7. The number of likely N-dealkylation sites (N-methyl/N-ethyl adjacent to an activating group) is 1. The van der Waals surface area contributed by atoms with Gasteiger partial charge in [-0.2, -0.15) is 0 Å². The van der Waals surface area contributed by atoms with Crippen LogP contribution in [0.4, 0.5) is 0 Å². The molecule has 0 radical (unpaired) electrons. The summed E-state index contributed by atoms with van der Waals surface area (Å²) < 4.78 is 11.1. The quantitative estimate of drug-likeness (QED) is 0.869. The molecule has 2 N–H and O–H groups in total. The van der Waals surface area contributed by atoms with Crippen LogP contribution in [0.3, 0.4) is 0 Å². The van der Waals surface area contributed by atoms with E-state index in [1.54, 1.807) is 6.07 Å². The molecular weight excluding hydrogens is 328 g/mol. The zero-order valence-electron chi connectivity index (χ0n) is 13.3. The van der Waals surface area contributed by atoms with Crippen LogP contribution in [0.5, 0.6) is 11.5 Å². The van der Waals surface area contributed by atoms with E-state index in [1.807, 2.05) is 31.2 Å². The maximum absolute atomic E-state index is 12.1. The highest BCUT2D eigenvalue weighted by molar-refractivity contribution is 7.17. The SMILES string of the molecule is CCNC(=O)CNC(=O)c1ccc(-c2ccc3c(c2)OCCO3)s1. The highest BCUT2D eigenvalue weighted by Gasteiger charge is 2.15. The van der Waals surface area contributed by atoms with Gasteiger partial charge in [-0.05, 0) is 42.8 Å². The van der Waals surface area contributed by atoms with Crippen LogP contribution in [0.15, 0.2) is 30.3 Å². The summed E-state index contributed by atoms with van der Waals surface area (Å²) in [6.07, 6.45) is 0. The molecule has 6 nitrogen and oxygen atoms in total. The van der Waals surface area contributed by atoms with Crippen molar-refractivity contribution < 1.29 is 19.1 Å². The summed E-state index contributed by atoms with van der Waals surface area (Å²) in [7, 11) is 0. The van der Waals surface area contributed by atoms with Crippen LogP contribution in [-0.2, 0) is 4.79 Å². The summed E-state index contributed by atoms with van der Waals surface area (Å²) in [5.74, 6) is 1.00. The van der Waals surface area contributed by atoms with Gasteiger partial charge in [-0.15, -0.1) is 11.3 Å². The molecule has 0 bridgehead atoms. The van der Waals surface area contributed by atoms with Crippen molar-refractivity contribution in [3.05, 3.63) is 35.2 Å². The van der Waals surface area contributed by atoms with E-state index in [9.17, 15) is 9.59 Å². The molecule has 1 aromatic heterocycles. The molecule has 0 saturated heterocycles. The van der Waals surface area contributed by atoms with Crippen LogP contribution >= 0.6 is 11.3 Å². The summed E-state index contributed by atoms with van der Waals surface area (Å²) in [6, 6.07) is 9.37. The number of carbonyl (C=O) groups excluding carboxylic acids is 2. The highest BCUT2D eigenvalue weighted by Crippen LogP contribution is 2.36. The lowest BCUT2D eigenvalue weighted by Crippen LogP contribution is -2.36. The van der Waals surface area contributed by atoms with E-state index >= 15 is 0 Å². The number of nitrogens with one attached hydrogen (secondary N) is 2. The average Bonchev–Trinajstić information content (AvgIpc) is 3.10. The van der Waals surface area contributed by atoms with Crippen LogP contribution in [0.2, 0.25) is 0 Å². The molecule has 0 fully saturated rings. The van der Waals surface area contributed by atoms with E-state index in [4.69, 9.17) is 9.47 Å². The molecule has 7 heteroatoms. The van der Waals surface area contributed by atoms with Crippen molar-refractivity contribution in [2.45, 2.75) is 6.92 Å². The normalized spacial score (nSPS) is 12.5. The Hall–Kier alpha value is -2.54. The lowest BCUT2D eigenvalue weighted by atomic mass is 10.1. The van der Waals surface area contributed by atoms with Crippen molar-refractivity contribution in [1.29, 1.82) is 0 Å². The maximum atomic E-state index is 12.1. The Labute approximate surface area is 143 Å². The van der Waals surface area contributed by atoms with Gasteiger partial charge in [0.05, 0.1) is 11.4 Å². The second kappa shape index (κ2) is 7.35. The van der Waals surface area contributed by atoms with Crippen LogP contribution in [0, 0.1) is 0 Å². The first-order valence-corrected chi connectivity index (χ1v) is 8.54. The van der Waals surface area contributed by atoms with Crippen molar-refractivity contribution in [1.82, 2.24) is 10.6 Å². The predicted octanol–water partition coefficient (Wildman–Crippen LogP) is 2.05. The fourth-order valence-electron chi connectivity index (χ4n) is 2.32. The van der Waals surface area contributed by atoms with Crippen molar-refractivity contribution in [3.8, 4) is 21.9 Å². The Kier molecular flexibility index (Phi) is 5.00. The first kappa shape index (κ1) is 16.3. The van der Waals surface area contributed by atoms with Gasteiger partial charge in [0.15, 0.2) is 11.5 Å². The van der Waals surface area contributed by atoms with Crippen LogP contribution in [0.25, 0.3) is 10.4 Å². The number of thiophene rings is 1. The first-order valence-electron chi connectivity index (χ1n) is 7.72. The molecular formula is C17H18N2O4S. The topological polar surface area (TPSA) is 76.7 Å². The van der Waals surface area contributed by atoms with Gasteiger partial charge in [0, 0.05) is 11.4 Å². The zero-order chi connectivity index (χ0) is 16.9. The summed E-state index contributed by atoms with van der Waals surface area (Å²) in [5.41, 5.74) is 0.965. The number of carbonyl (C=O) groups is 2. The lowest BCUT2D eigenvalue weighted by molar-refractivity contribution is -0.120. The van der Waals surface area contributed by atoms with Gasteiger partial charge in [0.1, 0.15) is 13.2 Å². The monoisotopic (exact) mass is 346 g/mol. The van der Waals surface area contributed by atoms with Crippen molar-refractivity contribution in [2.24, 2.45) is 0 Å². The minimum atomic E-state index is -0.255. The largest absolute Gasteiger partial charge is 0.486 e. The molecule has 24 heavy (non-hydrogen) atoms. The lowest BCUT2D eigenvalue weighted by Gasteiger charge is -2.18. The van der Waals surface area contributed by atoms with Gasteiger partial charge in [0.2, 0.25) is 5.91 Å². The molecule has 0 atom stereocenters. The smallest absolute Gasteiger partial charge is 0.261 e. The van der Waals surface area contributed by atoms with E-state index < -0.39 is 0 Å². The number of fused-ring (bicyclic) bond motifs is 1. The Balaban J connectivity index is 1.69. The third-order valence-electron chi connectivity index (χ3n) is 3.44. The molecule has 126 valence electrons. The van der Waals surface area contributed by atoms with E-state index in [0.717, 1.165) is 21.9 Å². The van der Waals surface area contributed by atoms with Gasteiger partial charge in [-0.25, -0.2) is 0 Å². The average molecular weight is 346 g/mol. The Morgan fingerprint density at radius 2 is 1.88 bits per heavy atom. The molecule has 0 saturated carbocycles. The Bertz CT molecular complexity index is 757.